The molecule has 1 saturated heterocycles. The summed E-state index contributed by atoms with van der Waals surface area (Å²) in [4.78, 5) is 19.8. The minimum Gasteiger partial charge on any atom is -0.312 e. The maximum absolute atomic E-state index is 12.4. The van der Waals surface area contributed by atoms with Crippen molar-refractivity contribution in [3.8, 4) is 0 Å². The molecule has 0 unspecified atom stereocenters. The van der Waals surface area contributed by atoms with E-state index >= 15 is 0 Å². The molecule has 4 aliphatic rings. The average molecular weight is 261 g/mol. The third-order valence-electron chi connectivity index (χ3n) is 5.56. The van der Waals surface area contributed by atoms with Crippen molar-refractivity contribution >= 4 is 11.7 Å². The van der Waals surface area contributed by atoms with Crippen LogP contribution in [-0.2, 0) is 4.79 Å². The molecule has 3 fully saturated rings. The average Bonchev–Trinajstić information content (AvgIpc) is 2.88. The second kappa shape index (κ2) is 4.05. The number of nitrogens with zero attached hydrogens (tertiary/aromatic N) is 2. The van der Waals surface area contributed by atoms with Crippen molar-refractivity contribution in [1.82, 2.24) is 10.2 Å². The molecule has 4 rings (SSSR count). The zero-order chi connectivity index (χ0) is 13.0. The predicted octanol–water partition coefficient (Wildman–Crippen LogP) is 1.42. The van der Waals surface area contributed by atoms with Crippen LogP contribution in [0.25, 0.3) is 0 Å². The Morgan fingerprint density at radius 1 is 1.37 bits per heavy atom. The van der Waals surface area contributed by atoms with E-state index in [0.29, 0.717) is 11.8 Å². The van der Waals surface area contributed by atoms with Crippen molar-refractivity contribution in [2.45, 2.75) is 44.6 Å². The van der Waals surface area contributed by atoms with Gasteiger partial charge >= 0.3 is 0 Å². The molecule has 1 spiro atoms. The molecule has 4 heteroatoms. The number of hydrogen-bond donors (Lipinski definition) is 1. The fourth-order valence-corrected chi connectivity index (χ4v) is 4.35. The lowest BCUT2D eigenvalue weighted by molar-refractivity contribution is -0.125. The second-order valence-corrected chi connectivity index (χ2v) is 6.86. The Labute approximate surface area is 114 Å². The van der Waals surface area contributed by atoms with E-state index in [9.17, 15) is 4.79 Å². The molecule has 1 N–H and O–H groups in total. The van der Waals surface area contributed by atoms with E-state index in [4.69, 9.17) is 4.99 Å². The Hall–Kier alpha value is -0.900. The number of likely N-dealkylation sites (tertiary alicyclic amines) is 1. The maximum Gasteiger partial charge on any atom is 0.253 e. The number of amides is 1. The molecule has 0 radical (unpaired) electrons. The zero-order valence-electron chi connectivity index (χ0n) is 11.7. The molecule has 2 aliphatic heterocycles. The highest BCUT2D eigenvalue weighted by atomic mass is 16.2. The van der Waals surface area contributed by atoms with Crippen LogP contribution >= 0.6 is 0 Å². The highest BCUT2D eigenvalue weighted by Gasteiger charge is 2.59. The smallest absolute Gasteiger partial charge is 0.253 e. The molecule has 1 amide bonds. The SMILES string of the molecule is CCC1=N[C@]2(CC[C@H]3CN(CC4CC4)C[C@H]32)C(=O)N1. The first-order chi connectivity index (χ1) is 9.21. The summed E-state index contributed by atoms with van der Waals surface area (Å²) in [6, 6.07) is 0. The lowest BCUT2D eigenvalue weighted by atomic mass is 9.85. The van der Waals surface area contributed by atoms with E-state index in [2.05, 4.69) is 17.1 Å². The molecule has 2 aliphatic carbocycles. The maximum atomic E-state index is 12.4. The minimum absolute atomic E-state index is 0.185. The number of carbonyl (C=O) groups excluding carboxylic acids is 1. The van der Waals surface area contributed by atoms with Crippen LogP contribution in [0.3, 0.4) is 0 Å². The molecule has 2 heterocycles. The first-order valence-electron chi connectivity index (χ1n) is 7.84. The Morgan fingerprint density at radius 3 is 2.89 bits per heavy atom. The third-order valence-corrected chi connectivity index (χ3v) is 5.56. The van der Waals surface area contributed by atoms with E-state index in [0.717, 1.165) is 31.1 Å². The molecule has 4 nitrogen and oxygen atoms in total. The Kier molecular flexibility index (Phi) is 2.53. The molecule has 0 aromatic heterocycles. The van der Waals surface area contributed by atoms with Gasteiger partial charge in [0.25, 0.3) is 5.91 Å². The summed E-state index contributed by atoms with van der Waals surface area (Å²) in [6.07, 6.45) is 5.82. The van der Waals surface area contributed by atoms with Gasteiger partial charge in [0, 0.05) is 32.0 Å². The van der Waals surface area contributed by atoms with E-state index < -0.39 is 5.54 Å². The summed E-state index contributed by atoms with van der Waals surface area (Å²) in [5.41, 5.74) is -0.395. The quantitative estimate of drug-likeness (QED) is 0.835. The largest absolute Gasteiger partial charge is 0.312 e. The minimum atomic E-state index is -0.395. The van der Waals surface area contributed by atoms with E-state index in [1.165, 1.54) is 32.4 Å². The van der Waals surface area contributed by atoms with Crippen LogP contribution < -0.4 is 5.32 Å². The number of rotatable bonds is 3. The van der Waals surface area contributed by atoms with Crippen LogP contribution in [0.2, 0.25) is 0 Å². The number of aliphatic imine (C=N–C) groups is 1. The van der Waals surface area contributed by atoms with Crippen molar-refractivity contribution in [3.63, 3.8) is 0 Å². The van der Waals surface area contributed by atoms with Gasteiger partial charge in [-0.1, -0.05) is 6.92 Å². The van der Waals surface area contributed by atoms with Crippen molar-refractivity contribution < 1.29 is 4.79 Å². The van der Waals surface area contributed by atoms with Gasteiger partial charge in [-0.25, -0.2) is 0 Å². The summed E-state index contributed by atoms with van der Waals surface area (Å²) in [6.45, 7) is 5.62. The molecular formula is C15H23N3O. The van der Waals surface area contributed by atoms with Crippen LogP contribution in [0, 0.1) is 17.8 Å². The van der Waals surface area contributed by atoms with Gasteiger partial charge in [-0.05, 0) is 37.5 Å². The molecule has 0 bridgehead atoms. The van der Waals surface area contributed by atoms with E-state index in [-0.39, 0.29) is 5.91 Å². The second-order valence-electron chi connectivity index (χ2n) is 6.86. The predicted molar refractivity (Wildman–Crippen MR) is 74.0 cm³/mol. The van der Waals surface area contributed by atoms with Crippen molar-refractivity contribution in [3.05, 3.63) is 0 Å². The first-order valence-corrected chi connectivity index (χ1v) is 7.84. The van der Waals surface area contributed by atoms with Crippen molar-refractivity contribution in [2.24, 2.45) is 22.7 Å². The molecule has 2 saturated carbocycles. The lowest BCUT2D eigenvalue weighted by Gasteiger charge is -2.25. The molecule has 0 aromatic rings. The summed E-state index contributed by atoms with van der Waals surface area (Å²) < 4.78 is 0. The molecule has 19 heavy (non-hydrogen) atoms. The summed E-state index contributed by atoms with van der Waals surface area (Å²) >= 11 is 0. The summed E-state index contributed by atoms with van der Waals surface area (Å²) in [5.74, 6) is 3.21. The monoisotopic (exact) mass is 261 g/mol. The number of carbonyl (C=O) groups is 1. The number of nitrogens with one attached hydrogen (secondary N) is 1. The third kappa shape index (κ3) is 1.76. The lowest BCUT2D eigenvalue weighted by Crippen LogP contribution is -2.44. The van der Waals surface area contributed by atoms with Gasteiger partial charge in [-0.2, -0.15) is 0 Å². The fraction of sp³-hybridized carbons (Fsp3) is 0.867. The van der Waals surface area contributed by atoms with Gasteiger partial charge in [-0.15, -0.1) is 0 Å². The number of hydrogen-bond acceptors (Lipinski definition) is 3. The molecule has 0 aromatic carbocycles. The summed E-state index contributed by atoms with van der Waals surface area (Å²) in [7, 11) is 0. The van der Waals surface area contributed by atoms with Gasteiger partial charge < -0.3 is 10.2 Å². The van der Waals surface area contributed by atoms with Crippen LogP contribution in [-0.4, -0.2) is 41.8 Å². The van der Waals surface area contributed by atoms with Crippen LogP contribution in [0.5, 0.6) is 0 Å². The van der Waals surface area contributed by atoms with Gasteiger partial charge in [0.15, 0.2) is 0 Å². The molecule has 104 valence electrons. The standard InChI is InChI=1S/C15H23N3O/c1-2-13-16-14(19)15(17-13)6-5-11-8-18(9-12(11)15)7-10-3-4-10/h10-12H,2-9H2,1H3,(H,16,17,19)/t11-,12+,15-/m0/s1. The van der Waals surface area contributed by atoms with Gasteiger partial charge in [0.05, 0.1) is 0 Å². The van der Waals surface area contributed by atoms with E-state index in [1.54, 1.807) is 0 Å². The highest BCUT2D eigenvalue weighted by Crippen LogP contribution is 2.49. The first kappa shape index (κ1) is 11.9. The van der Waals surface area contributed by atoms with Crippen LogP contribution in [0.4, 0.5) is 0 Å². The van der Waals surface area contributed by atoms with Gasteiger partial charge in [-0.3, -0.25) is 9.79 Å². The summed E-state index contributed by atoms with van der Waals surface area (Å²) in [5, 5.41) is 3.01. The van der Waals surface area contributed by atoms with E-state index in [1.807, 2.05) is 0 Å². The van der Waals surface area contributed by atoms with Gasteiger partial charge in [0.2, 0.25) is 0 Å². The van der Waals surface area contributed by atoms with Crippen LogP contribution in [0.15, 0.2) is 4.99 Å². The number of fused-ring (bicyclic) bond motifs is 2. The highest BCUT2D eigenvalue weighted by molar-refractivity contribution is 6.08. The normalized spacial score (nSPS) is 41.7. The molecular weight excluding hydrogens is 238 g/mol. The zero-order valence-corrected chi connectivity index (χ0v) is 11.7. The Morgan fingerprint density at radius 2 is 2.21 bits per heavy atom. The number of amidine groups is 1. The Bertz CT molecular complexity index is 443. The van der Waals surface area contributed by atoms with Crippen molar-refractivity contribution in [1.29, 1.82) is 0 Å². The van der Waals surface area contributed by atoms with Gasteiger partial charge in [0.1, 0.15) is 11.4 Å². The Balaban J connectivity index is 1.55. The molecule has 3 atom stereocenters. The topological polar surface area (TPSA) is 44.7 Å². The van der Waals surface area contributed by atoms with Crippen LogP contribution in [0.1, 0.15) is 39.0 Å². The fourth-order valence-electron chi connectivity index (χ4n) is 4.35. The van der Waals surface area contributed by atoms with Crippen molar-refractivity contribution in [2.75, 3.05) is 19.6 Å².